The van der Waals surface area contributed by atoms with Gasteiger partial charge in [0, 0.05) is 16.6 Å². The van der Waals surface area contributed by atoms with E-state index in [1.165, 1.54) is 17.4 Å². The lowest BCUT2D eigenvalue weighted by Crippen LogP contribution is -2.21. The van der Waals surface area contributed by atoms with Crippen molar-refractivity contribution in [3.63, 3.8) is 0 Å². The molecule has 20 heavy (non-hydrogen) atoms. The molecule has 1 aromatic heterocycles. The molecule has 2 rings (SSSR count). The average Bonchev–Trinajstić information content (AvgIpc) is 2.82. The summed E-state index contributed by atoms with van der Waals surface area (Å²) in [5.41, 5.74) is 4.10. The molecule has 0 atom stereocenters. The lowest BCUT2D eigenvalue weighted by molar-refractivity contribution is -0.120. The second kappa shape index (κ2) is 6.38. The van der Waals surface area contributed by atoms with Crippen LogP contribution >= 0.6 is 11.3 Å². The molecule has 0 aliphatic carbocycles. The second-order valence-corrected chi connectivity index (χ2v) is 5.21. The minimum Gasteiger partial charge on any atom is -0.273 e. The van der Waals surface area contributed by atoms with Crippen LogP contribution in [0.5, 0.6) is 0 Å². The number of hydrogen-bond acceptors (Lipinski definition) is 4. The van der Waals surface area contributed by atoms with Crippen LogP contribution in [0.15, 0.2) is 34.7 Å². The molecule has 4 nitrogen and oxygen atoms in total. The summed E-state index contributed by atoms with van der Waals surface area (Å²) < 4.78 is 13.5. The molecule has 6 heteroatoms. The van der Waals surface area contributed by atoms with E-state index >= 15 is 0 Å². The van der Waals surface area contributed by atoms with Crippen molar-refractivity contribution in [3.05, 3.63) is 51.7 Å². The standard InChI is InChI=1S/C14H14FN3OS/c1-9-8-20-14(16-9)7-13(19)18-17-10(2)11-5-3-4-6-12(11)15/h3-6,8H,7H2,1-2H3,(H,18,19)/b17-10-. The fraction of sp³-hybridized carbons (Fsp3) is 0.214. The second-order valence-electron chi connectivity index (χ2n) is 4.27. The molecule has 0 bridgehead atoms. The normalized spacial score (nSPS) is 11.4. The maximum absolute atomic E-state index is 13.5. The number of aryl methyl sites for hydroxylation is 1. The van der Waals surface area contributed by atoms with Gasteiger partial charge in [0.1, 0.15) is 10.8 Å². The monoisotopic (exact) mass is 291 g/mol. The molecule has 0 saturated carbocycles. The highest BCUT2D eigenvalue weighted by Crippen LogP contribution is 2.09. The number of nitrogens with zero attached hydrogens (tertiary/aromatic N) is 2. The summed E-state index contributed by atoms with van der Waals surface area (Å²) in [6.45, 7) is 3.52. The minimum absolute atomic E-state index is 0.173. The van der Waals surface area contributed by atoms with Crippen molar-refractivity contribution in [1.29, 1.82) is 0 Å². The van der Waals surface area contributed by atoms with Gasteiger partial charge < -0.3 is 0 Å². The maximum Gasteiger partial charge on any atom is 0.246 e. The molecule has 0 radical (unpaired) electrons. The molecule has 0 aliphatic heterocycles. The van der Waals surface area contributed by atoms with E-state index in [-0.39, 0.29) is 18.1 Å². The predicted octanol–water partition coefficient (Wildman–Crippen LogP) is 2.67. The van der Waals surface area contributed by atoms with Crippen LogP contribution in [0.1, 0.15) is 23.2 Å². The van der Waals surface area contributed by atoms with Gasteiger partial charge in [-0.3, -0.25) is 4.79 Å². The Morgan fingerprint density at radius 3 is 2.85 bits per heavy atom. The van der Waals surface area contributed by atoms with E-state index in [0.717, 1.165) is 10.7 Å². The number of hydrogen-bond donors (Lipinski definition) is 1. The topological polar surface area (TPSA) is 54.4 Å². The third-order valence-electron chi connectivity index (χ3n) is 2.59. The molecular formula is C14H14FN3OS. The van der Waals surface area contributed by atoms with E-state index in [4.69, 9.17) is 0 Å². The van der Waals surface area contributed by atoms with Gasteiger partial charge in [-0.2, -0.15) is 5.10 Å². The van der Waals surface area contributed by atoms with Crippen LogP contribution in [0.3, 0.4) is 0 Å². The molecular weight excluding hydrogens is 277 g/mol. The first-order valence-electron chi connectivity index (χ1n) is 6.05. The Hall–Kier alpha value is -2.08. The molecule has 0 unspecified atom stereocenters. The highest BCUT2D eigenvalue weighted by atomic mass is 32.1. The molecule has 0 saturated heterocycles. The van der Waals surface area contributed by atoms with Gasteiger partial charge >= 0.3 is 0 Å². The molecule has 0 aliphatic rings. The van der Waals surface area contributed by atoms with Crippen LogP contribution < -0.4 is 5.43 Å². The van der Waals surface area contributed by atoms with Gasteiger partial charge in [0.25, 0.3) is 0 Å². The lowest BCUT2D eigenvalue weighted by atomic mass is 10.1. The van der Waals surface area contributed by atoms with Crippen molar-refractivity contribution in [1.82, 2.24) is 10.4 Å². The smallest absolute Gasteiger partial charge is 0.246 e. The Morgan fingerprint density at radius 2 is 2.20 bits per heavy atom. The van der Waals surface area contributed by atoms with E-state index in [2.05, 4.69) is 15.5 Å². The number of rotatable bonds is 4. The highest BCUT2D eigenvalue weighted by molar-refractivity contribution is 7.09. The predicted molar refractivity (Wildman–Crippen MR) is 77.3 cm³/mol. The number of amides is 1. The van der Waals surface area contributed by atoms with E-state index in [1.807, 2.05) is 12.3 Å². The van der Waals surface area contributed by atoms with Crippen molar-refractivity contribution in [3.8, 4) is 0 Å². The number of aromatic nitrogens is 1. The third kappa shape index (κ3) is 3.71. The van der Waals surface area contributed by atoms with E-state index in [1.54, 1.807) is 25.1 Å². The van der Waals surface area contributed by atoms with Gasteiger partial charge in [-0.25, -0.2) is 14.8 Å². The number of benzene rings is 1. The fourth-order valence-electron chi connectivity index (χ4n) is 1.62. The third-order valence-corrected chi connectivity index (χ3v) is 3.56. The van der Waals surface area contributed by atoms with Gasteiger partial charge in [-0.15, -0.1) is 11.3 Å². The van der Waals surface area contributed by atoms with Crippen molar-refractivity contribution in [2.45, 2.75) is 20.3 Å². The Bertz CT molecular complexity index is 651. The van der Waals surface area contributed by atoms with Gasteiger partial charge in [-0.1, -0.05) is 18.2 Å². The summed E-state index contributed by atoms with van der Waals surface area (Å²) in [5, 5.41) is 6.53. The number of carbonyl (C=O) groups excluding carboxylic acids is 1. The first-order chi connectivity index (χ1) is 9.56. The number of hydrazone groups is 1. The van der Waals surface area contributed by atoms with Crippen molar-refractivity contribution in [2.24, 2.45) is 5.10 Å². The molecule has 0 spiro atoms. The van der Waals surface area contributed by atoms with E-state index < -0.39 is 0 Å². The fourth-order valence-corrected chi connectivity index (χ4v) is 2.39. The number of thiazole rings is 1. The SMILES string of the molecule is C/C(=N/NC(=O)Cc1nc(C)cs1)c1ccccc1F. The van der Waals surface area contributed by atoms with Crippen LogP contribution in [0.4, 0.5) is 4.39 Å². The molecule has 0 fully saturated rings. The molecule has 1 heterocycles. The number of halogens is 1. The van der Waals surface area contributed by atoms with Gasteiger partial charge in [0.15, 0.2) is 0 Å². The zero-order valence-corrected chi connectivity index (χ0v) is 12.0. The van der Waals surface area contributed by atoms with Crippen LogP contribution in [0.25, 0.3) is 0 Å². The van der Waals surface area contributed by atoms with E-state index in [0.29, 0.717) is 11.3 Å². The van der Waals surface area contributed by atoms with E-state index in [9.17, 15) is 9.18 Å². The summed E-state index contributed by atoms with van der Waals surface area (Å²) in [5.74, 6) is -0.631. The van der Waals surface area contributed by atoms with Gasteiger partial charge in [0.05, 0.1) is 12.1 Å². The quantitative estimate of drug-likeness (QED) is 0.695. The van der Waals surface area contributed by atoms with Crippen LogP contribution in [-0.2, 0) is 11.2 Å². The average molecular weight is 291 g/mol. The summed E-state index contributed by atoms with van der Waals surface area (Å²) in [4.78, 5) is 15.9. The van der Waals surface area contributed by atoms with Crippen LogP contribution in [0, 0.1) is 12.7 Å². The summed E-state index contributed by atoms with van der Waals surface area (Å²) in [7, 11) is 0. The Balaban J connectivity index is 1.98. The van der Waals surface area contributed by atoms with Gasteiger partial charge in [0.2, 0.25) is 5.91 Å². The number of nitrogens with one attached hydrogen (secondary N) is 1. The Kier molecular flexibility index (Phi) is 4.57. The van der Waals surface area contributed by atoms with Crippen molar-refractivity contribution < 1.29 is 9.18 Å². The summed E-state index contributed by atoms with van der Waals surface area (Å²) in [6.07, 6.45) is 0.173. The molecule has 104 valence electrons. The van der Waals surface area contributed by atoms with Crippen molar-refractivity contribution >= 4 is 23.0 Å². The zero-order valence-electron chi connectivity index (χ0n) is 11.2. The van der Waals surface area contributed by atoms with Crippen molar-refractivity contribution in [2.75, 3.05) is 0 Å². The minimum atomic E-state index is -0.362. The Morgan fingerprint density at radius 1 is 1.45 bits per heavy atom. The summed E-state index contributed by atoms with van der Waals surface area (Å²) in [6, 6.07) is 6.30. The molecule has 1 amide bonds. The van der Waals surface area contributed by atoms with Crippen LogP contribution in [0.2, 0.25) is 0 Å². The maximum atomic E-state index is 13.5. The largest absolute Gasteiger partial charge is 0.273 e. The molecule has 1 N–H and O–H groups in total. The van der Waals surface area contributed by atoms with Gasteiger partial charge in [-0.05, 0) is 19.9 Å². The Labute approximate surface area is 120 Å². The number of carbonyl (C=O) groups is 1. The molecule has 2 aromatic rings. The zero-order chi connectivity index (χ0) is 14.5. The first-order valence-corrected chi connectivity index (χ1v) is 6.93. The van der Waals surface area contributed by atoms with Crippen LogP contribution in [-0.4, -0.2) is 16.6 Å². The summed E-state index contributed by atoms with van der Waals surface area (Å²) >= 11 is 1.43. The first kappa shape index (κ1) is 14.3. The molecule has 1 aromatic carbocycles. The highest BCUT2D eigenvalue weighted by Gasteiger charge is 2.07. The lowest BCUT2D eigenvalue weighted by Gasteiger charge is -2.03.